The molecular formula is C8H7N3O2S2. The van der Waals surface area contributed by atoms with Crippen LogP contribution in [0, 0.1) is 10.1 Å². The van der Waals surface area contributed by atoms with Gasteiger partial charge in [0.05, 0.1) is 11.1 Å². The highest BCUT2D eigenvalue weighted by Gasteiger charge is 2.03. The molecule has 78 valence electrons. The summed E-state index contributed by atoms with van der Waals surface area (Å²) >= 11 is 8.41. The fourth-order valence-corrected chi connectivity index (χ4v) is 0.991. The molecule has 0 aromatic heterocycles. The Morgan fingerprint density at radius 3 is 3.00 bits per heavy atom. The van der Waals surface area contributed by atoms with Gasteiger partial charge in [0.2, 0.25) is 0 Å². The van der Waals surface area contributed by atoms with Crippen LogP contribution in [-0.2, 0) is 0 Å². The lowest BCUT2D eigenvalue weighted by Crippen LogP contribution is -2.07. The van der Waals surface area contributed by atoms with Crippen molar-refractivity contribution in [2.45, 2.75) is 0 Å². The summed E-state index contributed by atoms with van der Waals surface area (Å²) in [7, 11) is 0. The van der Waals surface area contributed by atoms with Gasteiger partial charge in [-0.15, -0.1) is 12.6 Å². The van der Waals surface area contributed by atoms with Gasteiger partial charge in [0.1, 0.15) is 0 Å². The monoisotopic (exact) mass is 241 g/mol. The number of hydrogen-bond acceptors (Lipinski definition) is 4. The van der Waals surface area contributed by atoms with Crippen LogP contribution >= 0.6 is 24.8 Å². The number of thiocarbonyl (C=S) groups is 1. The number of thiol groups is 1. The number of benzene rings is 1. The minimum Gasteiger partial charge on any atom is -0.263 e. The molecule has 0 amide bonds. The molecule has 0 saturated heterocycles. The molecule has 0 aliphatic carbocycles. The first-order valence-corrected chi connectivity index (χ1v) is 4.71. The highest BCUT2D eigenvalue weighted by Crippen LogP contribution is 2.11. The van der Waals surface area contributed by atoms with E-state index in [1.165, 1.54) is 18.3 Å². The van der Waals surface area contributed by atoms with Gasteiger partial charge in [0.25, 0.3) is 5.69 Å². The highest BCUT2D eigenvalue weighted by molar-refractivity contribution is 8.11. The minimum atomic E-state index is -0.464. The number of nitrogens with one attached hydrogen (secondary N) is 1. The third-order valence-corrected chi connectivity index (χ3v) is 1.65. The van der Waals surface area contributed by atoms with Crippen molar-refractivity contribution < 1.29 is 4.92 Å². The maximum Gasteiger partial charge on any atom is 0.270 e. The van der Waals surface area contributed by atoms with Crippen molar-refractivity contribution in [3.05, 3.63) is 39.9 Å². The Kier molecular flexibility index (Phi) is 4.19. The fourth-order valence-electron chi connectivity index (χ4n) is 0.881. The summed E-state index contributed by atoms with van der Waals surface area (Å²) in [6, 6.07) is 6.10. The van der Waals surface area contributed by atoms with E-state index in [4.69, 9.17) is 0 Å². The number of hydrazone groups is 1. The van der Waals surface area contributed by atoms with Crippen LogP contribution in [0.15, 0.2) is 29.4 Å². The number of nitro benzene ring substituents is 1. The maximum atomic E-state index is 10.4. The molecule has 0 saturated carbocycles. The lowest BCUT2D eigenvalue weighted by molar-refractivity contribution is -0.384. The van der Waals surface area contributed by atoms with Gasteiger partial charge in [0.15, 0.2) is 4.32 Å². The molecule has 1 N–H and O–H groups in total. The molecule has 0 fully saturated rings. The van der Waals surface area contributed by atoms with E-state index in [1.54, 1.807) is 12.1 Å². The second-order valence-electron chi connectivity index (χ2n) is 2.53. The predicted octanol–water partition coefficient (Wildman–Crippen LogP) is 1.73. The van der Waals surface area contributed by atoms with Crippen molar-refractivity contribution in [1.82, 2.24) is 5.43 Å². The molecule has 0 bridgehead atoms. The average Bonchev–Trinajstić information content (AvgIpc) is 2.17. The zero-order valence-corrected chi connectivity index (χ0v) is 9.16. The number of nitro groups is 1. The molecule has 0 aliphatic heterocycles. The van der Waals surface area contributed by atoms with Crippen molar-refractivity contribution in [2.24, 2.45) is 5.10 Å². The first-order valence-electron chi connectivity index (χ1n) is 3.86. The van der Waals surface area contributed by atoms with Crippen molar-refractivity contribution in [1.29, 1.82) is 0 Å². The Labute approximate surface area is 96.7 Å². The standard InChI is InChI=1S/C8H7N3O2S2/c12-11(13)7-3-1-2-6(4-7)5-9-10-8(14)15/h1-5H,(H2,10,14,15)/b9-5+. The summed E-state index contributed by atoms with van der Waals surface area (Å²) in [6.45, 7) is 0. The summed E-state index contributed by atoms with van der Waals surface area (Å²) in [6.07, 6.45) is 1.43. The van der Waals surface area contributed by atoms with Crippen LogP contribution in [0.2, 0.25) is 0 Å². The normalized spacial score (nSPS) is 10.2. The Morgan fingerprint density at radius 1 is 1.67 bits per heavy atom. The maximum absolute atomic E-state index is 10.4. The third kappa shape index (κ3) is 4.05. The summed E-state index contributed by atoms with van der Waals surface area (Å²) < 4.78 is 0.233. The zero-order valence-electron chi connectivity index (χ0n) is 7.45. The largest absolute Gasteiger partial charge is 0.270 e. The van der Waals surface area contributed by atoms with Crippen LogP contribution in [0.25, 0.3) is 0 Å². The Morgan fingerprint density at radius 2 is 2.40 bits per heavy atom. The van der Waals surface area contributed by atoms with Crippen LogP contribution in [-0.4, -0.2) is 15.5 Å². The molecule has 0 unspecified atom stereocenters. The second kappa shape index (κ2) is 5.42. The van der Waals surface area contributed by atoms with E-state index in [0.29, 0.717) is 5.56 Å². The van der Waals surface area contributed by atoms with Crippen LogP contribution in [0.5, 0.6) is 0 Å². The van der Waals surface area contributed by atoms with Crippen molar-refractivity contribution in [2.75, 3.05) is 0 Å². The fraction of sp³-hybridized carbons (Fsp3) is 0. The number of hydrogen-bond donors (Lipinski definition) is 2. The van der Waals surface area contributed by atoms with E-state index < -0.39 is 4.92 Å². The summed E-state index contributed by atoms with van der Waals surface area (Å²) in [5.41, 5.74) is 3.07. The van der Waals surface area contributed by atoms with Gasteiger partial charge in [0, 0.05) is 17.7 Å². The van der Waals surface area contributed by atoms with Gasteiger partial charge in [-0.3, -0.25) is 15.5 Å². The van der Waals surface area contributed by atoms with Gasteiger partial charge >= 0.3 is 0 Å². The minimum absolute atomic E-state index is 0.0207. The predicted molar refractivity (Wildman–Crippen MR) is 65.4 cm³/mol. The van der Waals surface area contributed by atoms with Crippen LogP contribution < -0.4 is 5.43 Å². The Balaban J connectivity index is 2.78. The van der Waals surface area contributed by atoms with Gasteiger partial charge < -0.3 is 0 Å². The summed E-state index contributed by atoms with van der Waals surface area (Å²) in [4.78, 5) is 9.98. The van der Waals surface area contributed by atoms with Gasteiger partial charge in [-0.25, -0.2) is 0 Å². The van der Waals surface area contributed by atoms with E-state index >= 15 is 0 Å². The van der Waals surface area contributed by atoms with Crippen molar-refractivity contribution in [3.8, 4) is 0 Å². The highest BCUT2D eigenvalue weighted by atomic mass is 32.1. The average molecular weight is 241 g/mol. The molecule has 7 heteroatoms. The third-order valence-electron chi connectivity index (χ3n) is 1.45. The van der Waals surface area contributed by atoms with Crippen LogP contribution in [0.1, 0.15) is 5.56 Å². The topological polar surface area (TPSA) is 67.5 Å². The molecule has 0 spiro atoms. The molecular weight excluding hydrogens is 234 g/mol. The Hall–Kier alpha value is -1.47. The van der Waals surface area contributed by atoms with E-state index in [1.807, 2.05) is 0 Å². The molecule has 15 heavy (non-hydrogen) atoms. The summed E-state index contributed by atoms with van der Waals surface area (Å²) in [5.74, 6) is 0. The lowest BCUT2D eigenvalue weighted by atomic mass is 10.2. The molecule has 0 heterocycles. The molecule has 0 radical (unpaired) electrons. The first-order chi connectivity index (χ1) is 7.09. The van der Waals surface area contributed by atoms with Gasteiger partial charge in [-0.1, -0.05) is 24.4 Å². The van der Waals surface area contributed by atoms with Gasteiger partial charge in [-0.2, -0.15) is 5.10 Å². The molecule has 1 rings (SSSR count). The lowest BCUT2D eigenvalue weighted by Gasteiger charge is -1.94. The quantitative estimate of drug-likeness (QED) is 0.278. The summed E-state index contributed by atoms with van der Waals surface area (Å²) in [5, 5.41) is 14.2. The first kappa shape index (κ1) is 11.6. The number of non-ortho nitro benzene ring substituents is 1. The SMILES string of the molecule is O=[N+]([O-])c1cccc(/C=N/NC(=S)S)c1. The molecule has 0 atom stereocenters. The second-order valence-corrected chi connectivity index (χ2v) is 3.69. The number of rotatable bonds is 3. The van der Waals surface area contributed by atoms with Crippen molar-refractivity contribution in [3.63, 3.8) is 0 Å². The van der Waals surface area contributed by atoms with Crippen molar-refractivity contribution >= 4 is 41.1 Å². The molecule has 5 nitrogen and oxygen atoms in total. The molecule has 0 aliphatic rings. The molecule has 1 aromatic carbocycles. The van der Waals surface area contributed by atoms with E-state index in [0.717, 1.165) is 0 Å². The Bertz CT molecular complexity index is 420. The van der Waals surface area contributed by atoms with Crippen LogP contribution in [0.4, 0.5) is 5.69 Å². The van der Waals surface area contributed by atoms with Crippen LogP contribution in [0.3, 0.4) is 0 Å². The van der Waals surface area contributed by atoms with E-state index in [-0.39, 0.29) is 10.0 Å². The van der Waals surface area contributed by atoms with E-state index in [9.17, 15) is 10.1 Å². The number of nitrogens with zero attached hydrogens (tertiary/aromatic N) is 2. The van der Waals surface area contributed by atoms with E-state index in [2.05, 4.69) is 35.4 Å². The zero-order chi connectivity index (χ0) is 11.3. The smallest absolute Gasteiger partial charge is 0.263 e. The molecule has 1 aromatic rings. The van der Waals surface area contributed by atoms with Gasteiger partial charge in [-0.05, 0) is 0 Å².